The van der Waals surface area contributed by atoms with Crippen molar-refractivity contribution in [3.05, 3.63) is 34.4 Å². The minimum Gasteiger partial charge on any atom is -0.324 e. The van der Waals surface area contributed by atoms with Gasteiger partial charge in [-0.1, -0.05) is 13.0 Å². The second kappa shape index (κ2) is 4.38. The molecule has 1 aromatic carbocycles. The smallest absolute Gasteiger partial charge is 0.176 e. The number of nitrogens with two attached hydrogens (primary N) is 1. The monoisotopic (exact) mass is 191 g/mol. The summed E-state index contributed by atoms with van der Waals surface area (Å²) in [5.41, 5.74) is 9.57. The van der Waals surface area contributed by atoms with Crippen LogP contribution in [0.15, 0.2) is 12.1 Å². The molecule has 2 nitrogen and oxygen atoms in total. The largest absolute Gasteiger partial charge is 0.324 e. The van der Waals surface area contributed by atoms with Crippen LogP contribution in [0.4, 0.5) is 0 Å². The number of ketones is 1. The van der Waals surface area contributed by atoms with Gasteiger partial charge in [0.1, 0.15) is 0 Å². The van der Waals surface area contributed by atoms with Crippen LogP contribution in [-0.2, 0) is 6.42 Å². The van der Waals surface area contributed by atoms with E-state index in [0.717, 1.165) is 17.5 Å². The quantitative estimate of drug-likeness (QED) is 0.743. The highest BCUT2D eigenvalue weighted by Crippen LogP contribution is 2.17. The Labute approximate surface area is 85.1 Å². The van der Waals surface area contributed by atoms with Gasteiger partial charge in [-0.25, -0.2) is 0 Å². The molecule has 2 N–H and O–H groups in total. The van der Waals surface area contributed by atoms with E-state index < -0.39 is 0 Å². The normalized spacial score (nSPS) is 10.3. The van der Waals surface area contributed by atoms with Crippen LogP contribution in [0.3, 0.4) is 0 Å². The first kappa shape index (κ1) is 10.9. The van der Waals surface area contributed by atoms with Gasteiger partial charge in [0.05, 0.1) is 6.54 Å². The Hall–Kier alpha value is -1.15. The molecule has 2 heteroatoms. The Morgan fingerprint density at radius 1 is 1.36 bits per heavy atom. The molecule has 0 unspecified atom stereocenters. The molecule has 0 radical (unpaired) electrons. The summed E-state index contributed by atoms with van der Waals surface area (Å²) < 4.78 is 0. The zero-order chi connectivity index (χ0) is 10.7. The number of carbonyl (C=O) groups is 1. The number of rotatable bonds is 3. The fourth-order valence-electron chi connectivity index (χ4n) is 1.54. The van der Waals surface area contributed by atoms with E-state index in [1.54, 1.807) is 0 Å². The molecule has 0 aliphatic heterocycles. The fourth-order valence-corrected chi connectivity index (χ4v) is 1.54. The van der Waals surface area contributed by atoms with Gasteiger partial charge in [-0.2, -0.15) is 0 Å². The third-order valence-electron chi connectivity index (χ3n) is 2.62. The van der Waals surface area contributed by atoms with Crippen LogP contribution < -0.4 is 5.73 Å². The topological polar surface area (TPSA) is 43.1 Å². The molecule has 1 aromatic rings. The first-order valence-corrected chi connectivity index (χ1v) is 4.93. The van der Waals surface area contributed by atoms with Gasteiger partial charge in [0.15, 0.2) is 5.78 Å². The van der Waals surface area contributed by atoms with E-state index in [0.29, 0.717) is 0 Å². The second-order valence-electron chi connectivity index (χ2n) is 3.57. The minimum absolute atomic E-state index is 0.0286. The Kier molecular flexibility index (Phi) is 3.42. The number of hydrogen-bond acceptors (Lipinski definition) is 2. The Morgan fingerprint density at radius 3 is 2.50 bits per heavy atom. The first-order valence-electron chi connectivity index (χ1n) is 4.93. The van der Waals surface area contributed by atoms with E-state index >= 15 is 0 Å². The molecule has 0 bridgehead atoms. The SMILES string of the molecule is CCc1cc(C)c(C)c(C(=O)CN)c1. The van der Waals surface area contributed by atoms with E-state index in [4.69, 9.17) is 5.73 Å². The predicted octanol–water partition coefficient (Wildman–Crippen LogP) is 2.01. The standard InChI is InChI=1S/C12H17NO/c1-4-10-5-8(2)9(3)11(6-10)12(14)7-13/h5-6H,4,7,13H2,1-3H3. The number of aryl methyl sites for hydroxylation is 2. The summed E-state index contributed by atoms with van der Waals surface area (Å²) >= 11 is 0. The lowest BCUT2D eigenvalue weighted by molar-refractivity contribution is 0.100. The molecule has 0 saturated heterocycles. The van der Waals surface area contributed by atoms with Crippen molar-refractivity contribution in [2.75, 3.05) is 6.54 Å². The van der Waals surface area contributed by atoms with Gasteiger partial charge in [0.25, 0.3) is 0 Å². The molecular formula is C12H17NO. The molecule has 1 rings (SSSR count). The third-order valence-corrected chi connectivity index (χ3v) is 2.62. The molecule has 0 spiro atoms. The van der Waals surface area contributed by atoms with Crippen LogP contribution in [0.1, 0.15) is 34.0 Å². The Morgan fingerprint density at radius 2 is 2.00 bits per heavy atom. The molecule has 0 saturated carbocycles. The predicted molar refractivity (Wildman–Crippen MR) is 58.7 cm³/mol. The van der Waals surface area contributed by atoms with Gasteiger partial charge in [0, 0.05) is 5.56 Å². The van der Waals surface area contributed by atoms with Crippen molar-refractivity contribution >= 4 is 5.78 Å². The summed E-state index contributed by atoms with van der Waals surface area (Å²) in [6.07, 6.45) is 0.950. The zero-order valence-electron chi connectivity index (χ0n) is 9.05. The molecule has 0 aromatic heterocycles. The van der Waals surface area contributed by atoms with Crippen LogP contribution >= 0.6 is 0 Å². The fraction of sp³-hybridized carbons (Fsp3) is 0.417. The van der Waals surface area contributed by atoms with E-state index in [2.05, 4.69) is 13.0 Å². The summed E-state index contributed by atoms with van der Waals surface area (Å²) in [7, 11) is 0. The maximum Gasteiger partial charge on any atom is 0.176 e. The second-order valence-corrected chi connectivity index (χ2v) is 3.57. The zero-order valence-corrected chi connectivity index (χ0v) is 9.05. The van der Waals surface area contributed by atoms with Crippen molar-refractivity contribution < 1.29 is 4.79 Å². The van der Waals surface area contributed by atoms with E-state index in [1.165, 1.54) is 11.1 Å². The molecule has 0 amide bonds. The van der Waals surface area contributed by atoms with Crippen molar-refractivity contribution in [2.45, 2.75) is 27.2 Å². The highest BCUT2D eigenvalue weighted by atomic mass is 16.1. The van der Waals surface area contributed by atoms with Gasteiger partial charge in [-0.3, -0.25) is 4.79 Å². The molecular weight excluding hydrogens is 174 g/mol. The lowest BCUT2D eigenvalue weighted by Gasteiger charge is -2.09. The Bertz CT molecular complexity index is 356. The van der Waals surface area contributed by atoms with Crippen molar-refractivity contribution in [1.82, 2.24) is 0 Å². The number of hydrogen-bond donors (Lipinski definition) is 1. The first-order chi connectivity index (χ1) is 6.60. The molecule has 0 atom stereocenters. The van der Waals surface area contributed by atoms with Crippen LogP contribution in [-0.4, -0.2) is 12.3 Å². The van der Waals surface area contributed by atoms with Crippen LogP contribution in [0, 0.1) is 13.8 Å². The number of carbonyl (C=O) groups excluding carboxylic acids is 1. The molecule has 0 fully saturated rings. The number of Topliss-reactive ketones (excluding diaryl/α,β-unsaturated/α-hetero) is 1. The van der Waals surface area contributed by atoms with Gasteiger partial charge in [-0.15, -0.1) is 0 Å². The van der Waals surface area contributed by atoms with Gasteiger partial charge < -0.3 is 5.73 Å². The van der Waals surface area contributed by atoms with Gasteiger partial charge in [0.2, 0.25) is 0 Å². The van der Waals surface area contributed by atoms with E-state index in [1.807, 2.05) is 19.9 Å². The van der Waals surface area contributed by atoms with Crippen molar-refractivity contribution in [1.29, 1.82) is 0 Å². The average molecular weight is 191 g/mol. The molecule has 0 aliphatic carbocycles. The maximum absolute atomic E-state index is 11.5. The van der Waals surface area contributed by atoms with Crippen LogP contribution in [0.5, 0.6) is 0 Å². The van der Waals surface area contributed by atoms with Crippen LogP contribution in [0.25, 0.3) is 0 Å². The summed E-state index contributed by atoms with van der Waals surface area (Å²) in [6, 6.07) is 4.08. The van der Waals surface area contributed by atoms with Crippen LogP contribution in [0.2, 0.25) is 0 Å². The maximum atomic E-state index is 11.5. The highest BCUT2D eigenvalue weighted by molar-refractivity contribution is 5.99. The molecule has 0 heterocycles. The lowest BCUT2D eigenvalue weighted by Crippen LogP contribution is -2.15. The molecule has 14 heavy (non-hydrogen) atoms. The van der Waals surface area contributed by atoms with Gasteiger partial charge >= 0.3 is 0 Å². The lowest BCUT2D eigenvalue weighted by atomic mass is 9.96. The molecule has 76 valence electrons. The van der Waals surface area contributed by atoms with Crippen molar-refractivity contribution in [3.8, 4) is 0 Å². The Balaban J connectivity index is 3.27. The van der Waals surface area contributed by atoms with E-state index in [-0.39, 0.29) is 12.3 Å². The highest BCUT2D eigenvalue weighted by Gasteiger charge is 2.09. The van der Waals surface area contributed by atoms with Crippen molar-refractivity contribution in [3.63, 3.8) is 0 Å². The van der Waals surface area contributed by atoms with Crippen molar-refractivity contribution in [2.24, 2.45) is 5.73 Å². The minimum atomic E-state index is 0.0286. The molecule has 0 aliphatic rings. The summed E-state index contributed by atoms with van der Waals surface area (Å²) in [4.78, 5) is 11.5. The number of benzene rings is 1. The average Bonchev–Trinajstić information content (AvgIpc) is 2.20. The van der Waals surface area contributed by atoms with Gasteiger partial charge in [-0.05, 0) is 43.0 Å². The summed E-state index contributed by atoms with van der Waals surface area (Å²) in [5, 5.41) is 0. The van der Waals surface area contributed by atoms with E-state index in [9.17, 15) is 4.79 Å². The summed E-state index contributed by atoms with van der Waals surface area (Å²) in [5.74, 6) is 0.0286. The third kappa shape index (κ3) is 2.02. The summed E-state index contributed by atoms with van der Waals surface area (Å²) in [6.45, 7) is 6.17.